The largest absolute Gasteiger partial charge is 0.342 e. The Kier molecular flexibility index (Phi) is 5.32. The monoisotopic (exact) mass is 277 g/mol. The molecule has 104 valence electrons. The minimum Gasteiger partial charge on any atom is -0.342 e. The van der Waals surface area contributed by atoms with Crippen LogP contribution in [0.2, 0.25) is 0 Å². The molecule has 0 aliphatic heterocycles. The molecular weight excluding hydrogens is 254 g/mol. The van der Waals surface area contributed by atoms with Crippen molar-refractivity contribution >= 4 is 17.7 Å². The third kappa shape index (κ3) is 4.27. The lowest BCUT2D eigenvalue weighted by Crippen LogP contribution is -2.36. The van der Waals surface area contributed by atoms with Crippen molar-refractivity contribution in [1.29, 1.82) is 0 Å². The minimum absolute atomic E-state index is 0.281. The van der Waals surface area contributed by atoms with Gasteiger partial charge in [-0.15, -0.1) is 11.8 Å². The molecule has 2 rings (SSSR count). The van der Waals surface area contributed by atoms with Gasteiger partial charge in [-0.25, -0.2) is 0 Å². The fourth-order valence-electron chi connectivity index (χ4n) is 2.54. The van der Waals surface area contributed by atoms with Gasteiger partial charge in [0, 0.05) is 18.8 Å². The highest BCUT2D eigenvalue weighted by atomic mass is 32.2. The van der Waals surface area contributed by atoms with Crippen LogP contribution in [-0.2, 0) is 10.5 Å². The Morgan fingerprint density at radius 2 is 1.89 bits per heavy atom. The average Bonchev–Trinajstić information content (AvgIpc) is 2.94. The third-order valence-electron chi connectivity index (χ3n) is 3.88. The first kappa shape index (κ1) is 14.4. The van der Waals surface area contributed by atoms with Crippen LogP contribution in [0.4, 0.5) is 0 Å². The number of carbonyl (C=O) groups is 1. The number of hydrogen-bond acceptors (Lipinski definition) is 2. The summed E-state index contributed by atoms with van der Waals surface area (Å²) in [5.41, 5.74) is 2.58. The van der Waals surface area contributed by atoms with Crippen molar-refractivity contribution in [3.8, 4) is 0 Å². The third-order valence-corrected chi connectivity index (χ3v) is 4.87. The van der Waals surface area contributed by atoms with Gasteiger partial charge in [-0.05, 0) is 25.3 Å². The molecule has 0 unspecified atom stereocenters. The first-order valence-corrected chi connectivity index (χ1v) is 8.21. The van der Waals surface area contributed by atoms with E-state index in [1.165, 1.54) is 36.8 Å². The van der Waals surface area contributed by atoms with Gasteiger partial charge in [-0.3, -0.25) is 4.79 Å². The zero-order chi connectivity index (χ0) is 13.7. The normalized spacial score (nSPS) is 15.7. The maximum absolute atomic E-state index is 12.1. The molecule has 0 saturated heterocycles. The van der Waals surface area contributed by atoms with Crippen LogP contribution in [0, 0.1) is 6.92 Å². The van der Waals surface area contributed by atoms with E-state index in [9.17, 15) is 4.79 Å². The molecule has 1 amide bonds. The number of aryl methyl sites for hydroxylation is 1. The van der Waals surface area contributed by atoms with Crippen LogP contribution in [0.1, 0.15) is 36.8 Å². The van der Waals surface area contributed by atoms with Crippen LogP contribution in [-0.4, -0.2) is 29.6 Å². The van der Waals surface area contributed by atoms with Crippen LogP contribution in [0.3, 0.4) is 0 Å². The van der Waals surface area contributed by atoms with Crippen LogP contribution in [0.15, 0.2) is 24.3 Å². The van der Waals surface area contributed by atoms with E-state index in [0.717, 1.165) is 5.75 Å². The number of carbonyl (C=O) groups excluding carboxylic acids is 1. The van der Waals surface area contributed by atoms with Crippen molar-refractivity contribution in [1.82, 2.24) is 4.90 Å². The Morgan fingerprint density at radius 3 is 2.53 bits per heavy atom. The summed E-state index contributed by atoms with van der Waals surface area (Å²) < 4.78 is 0. The predicted molar refractivity (Wildman–Crippen MR) is 82.4 cm³/mol. The first-order chi connectivity index (χ1) is 9.16. The highest BCUT2D eigenvalue weighted by molar-refractivity contribution is 7.99. The summed E-state index contributed by atoms with van der Waals surface area (Å²) in [6, 6.07) is 9.04. The predicted octanol–water partition coefficient (Wildman–Crippen LogP) is 3.63. The molecule has 3 heteroatoms. The summed E-state index contributed by atoms with van der Waals surface area (Å²) in [5.74, 6) is 1.80. The van der Waals surface area contributed by atoms with E-state index in [-0.39, 0.29) is 5.91 Å². The van der Waals surface area contributed by atoms with Crippen molar-refractivity contribution < 1.29 is 4.79 Å². The van der Waals surface area contributed by atoms with Gasteiger partial charge < -0.3 is 4.90 Å². The zero-order valence-corrected chi connectivity index (χ0v) is 12.7. The van der Waals surface area contributed by atoms with Gasteiger partial charge >= 0.3 is 0 Å². The van der Waals surface area contributed by atoms with Crippen molar-refractivity contribution in [2.45, 2.75) is 44.4 Å². The van der Waals surface area contributed by atoms with E-state index in [4.69, 9.17) is 0 Å². The maximum atomic E-state index is 12.1. The van der Waals surface area contributed by atoms with Gasteiger partial charge in [0.1, 0.15) is 0 Å². The number of hydrogen-bond donors (Lipinski definition) is 0. The Hall–Kier alpha value is -0.960. The Morgan fingerprint density at radius 1 is 1.26 bits per heavy atom. The molecule has 0 atom stereocenters. The summed E-state index contributed by atoms with van der Waals surface area (Å²) in [4.78, 5) is 14.0. The van der Waals surface area contributed by atoms with Crippen LogP contribution in [0.5, 0.6) is 0 Å². The van der Waals surface area contributed by atoms with Crippen molar-refractivity contribution in [2.75, 3.05) is 12.8 Å². The molecule has 1 aliphatic carbocycles. The number of rotatable bonds is 5. The molecule has 1 fully saturated rings. The quantitative estimate of drug-likeness (QED) is 0.819. The lowest BCUT2D eigenvalue weighted by atomic mass is 10.2. The average molecular weight is 277 g/mol. The summed E-state index contributed by atoms with van der Waals surface area (Å²) in [5, 5.41) is 0. The van der Waals surface area contributed by atoms with E-state index in [2.05, 4.69) is 31.2 Å². The lowest BCUT2D eigenvalue weighted by molar-refractivity contribution is -0.129. The van der Waals surface area contributed by atoms with E-state index < -0.39 is 0 Å². The standard InChI is InChI=1S/C16H23NOS/c1-13-7-9-14(10-8-13)11-19-12-16(18)17(2)15-5-3-4-6-15/h7-10,15H,3-6,11-12H2,1-2H3. The molecule has 0 spiro atoms. The second-order valence-corrected chi connectivity index (χ2v) is 6.41. The molecule has 1 aromatic rings. The summed E-state index contributed by atoms with van der Waals surface area (Å²) in [6.07, 6.45) is 4.92. The Balaban J connectivity index is 1.72. The van der Waals surface area contributed by atoms with E-state index in [0.29, 0.717) is 11.8 Å². The molecule has 0 radical (unpaired) electrons. The second kappa shape index (κ2) is 6.99. The van der Waals surface area contributed by atoms with E-state index in [1.54, 1.807) is 11.8 Å². The molecule has 2 nitrogen and oxygen atoms in total. The Labute approximate surface area is 120 Å². The van der Waals surface area contributed by atoms with Gasteiger partial charge in [0.15, 0.2) is 0 Å². The van der Waals surface area contributed by atoms with Gasteiger partial charge in [0.05, 0.1) is 5.75 Å². The molecule has 0 heterocycles. The van der Waals surface area contributed by atoms with E-state index >= 15 is 0 Å². The summed E-state index contributed by atoms with van der Waals surface area (Å²) in [7, 11) is 1.96. The highest BCUT2D eigenvalue weighted by Crippen LogP contribution is 2.23. The number of nitrogens with zero attached hydrogens (tertiary/aromatic N) is 1. The van der Waals surface area contributed by atoms with Crippen LogP contribution >= 0.6 is 11.8 Å². The molecule has 0 bridgehead atoms. The molecule has 0 N–H and O–H groups in total. The smallest absolute Gasteiger partial charge is 0.232 e. The number of thioether (sulfide) groups is 1. The van der Waals surface area contributed by atoms with Gasteiger partial charge in [-0.1, -0.05) is 42.7 Å². The Bertz CT molecular complexity index is 409. The molecule has 0 aromatic heterocycles. The topological polar surface area (TPSA) is 20.3 Å². The summed E-state index contributed by atoms with van der Waals surface area (Å²) in [6.45, 7) is 2.09. The molecule has 19 heavy (non-hydrogen) atoms. The fourth-order valence-corrected chi connectivity index (χ4v) is 3.45. The van der Waals surface area contributed by atoms with Crippen LogP contribution in [0.25, 0.3) is 0 Å². The van der Waals surface area contributed by atoms with Crippen molar-refractivity contribution in [2.24, 2.45) is 0 Å². The van der Waals surface area contributed by atoms with Gasteiger partial charge in [0.25, 0.3) is 0 Å². The lowest BCUT2D eigenvalue weighted by Gasteiger charge is -2.24. The zero-order valence-electron chi connectivity index (χ0n) is 11.9. The minimum atomic E-state index is 0.281. The highest BCUT2D eigenvalue weighted by Gasteiger charge is 2.22. The van der Waals surface area contributed by atoms with Crippen molar-refractivity contribution in [3.63, 3.8) is 0 Å². The number of benzene rings is 1. The number of amides is 1. The second-order valence-electron chi connectivity index (χ2n) is 5.42. The summed E-state index contributed by atoms with van der Waals surface area (Å²) >= 11 is 1.72. The molecule has 1 aliphatic rings. The SMILES string of the molecule is Cc1ccc(CSCC(=O)N(C)C2CCCC2)cc1. The molecular formula is C16H23NOS. The van der Waals surface area contributed by atoms with Gasteiger partial charge in [0.2, 0.25) is 5.91 Å². The molecule has 1 saturated carbocycles. The van der Waals surface area contributed by atoms with E-state index in [1.807, 2.05) is 11.9 Å². The fraction of sp³-hybridized carbons (Fsp3) is 0.562. The first-order valence-electron chi connectivity index (χ1n) is 7.06. The van der Waals surface area contributed by atoms with Crippen molar-refractivity contribution in [3.05, 3.63) is 35.4 Å². The van der Waals surface area contributed by atoms with Gasteiger partial charge in [-0.2, -0.15) is 0 Å². The maximum Gasteiger partial charge on any atom is 0.232 e. The van der Waals surface area contributed by atoms with Crippen LogP contribution < -0.4 is 0 Å². The molecule has 1 aromatic carbocycles.